The molecular formula is C17H26N4O5Si. The number of carbonyl (C=O) groups is 3. The van der Waals surface area contributed by atoms with Gasteiger partial charge < -0.3 is 15.5 Å². The molecule has 3 N–H and O–H groups in total. The number of rotatable bonds is 3. The second kappa shape index (κ2) is 5.82. The fourth-order valence-electron chi connectivity index (χ4n) is 4.22. The summed E-state index contributed by atoms with van der Waals surface area (Å²) in [7, 11) is -1.84. The van der Waals surface area contributed by atoms with E-state index >= 15 is 0 Å². The highest BCUT2D eigenvalue weighted by Gasteiger charge is 2.54. The van der Waals surface area contributed by atoms with Gasteiger partial charge in [-0.2, -0.15) is 5.10 Å². The van der Waals surface area contributed by atoms with Crippen molar-refractivity contribution in [3.05, 3.63) is 11.3 Å². The highest BCUT2D eigenvalue weighted by Crippen LogP contribution is 2.56. The molecule has 2 aliphatic rings. The highest BCUT2D eigenvalue weighted by atomic mass is 28.3. The third-order valence-corrected chi connectivity index (χ3v) is 9.87. The van der Waals surface area contributed by atoms with Crippen molar-refractivity contribution in [2.75, 3.05) is 5.32 Å². The zero-order valence-corrected chi connectivity index (χ0v) is 17.3. The zero-order chi connectivity index (χ0) is 20.4. The number of fused-ring (bicyclic) bond motifs is 1. The normalized spacial score (nSPS) is 20.0. The molecule has 0 bridgehead atoms. The van der Waals surface area contributed by atoms with E-state index in [1.165, 1.54) is 4.90 Å². The van der Waals surface area contributed by atoms with Crippen LogP contribution >= 0.6 is 0 Å². The van der Waals surface area contributed by atoms with Gasteiger partial charge in [0.25, 0.3) is 0 Å². The molecule has 0 radical (unpaired) electrons. The number of carboxylic acid groups (broad SMARTS) is 2. The molecule has 1 aliphatic heterocycles. The summed E-state index contributed by atoms with van der Waals surface area (Å²) in [5, 5.41) is 25.5. The van der Waals surface area contributed by atoms with Crippen LogP contribution in [-0.4, -0.2) is 51.1 Å². The largest absolute Gasteiger partial charge is 0.465 e. The molecule has 0 saturated heterocycles. The smallest absolute Gasteiger partial charge is 0.434 e. The van der Waals surface area contributed by atoms with E-state index in [4.69, 9.17) is 0 Å². The second-order valence-corrected chi connectivity index (χ2v) is 14.4. The van der Waals surface area contributed by atoms with Crippen LogP contribution in [0.5, 0.6) is 0 Å². The Morgan fingerprint density at radius 3 is 2.11 bits per heavy atom. The number of amides is 2. The molecular weight excluding hydrogens is 368 g/mol. The Balaban J connectivity index is 2.04. The van der Waals surface area contributed by atoms with Gasteiger partial charge in [-0.05, 0) is 26.7 Å². The minimum Gasteiger partial charge on any atom is -0.465 e. The molecule has 148 valence electrons. The van der Waals surface area contributed by atoms with Crippen molar-refractivity contribution in [1.82, 2.24) is 14.7 Å². The van der Waals surface area contributed by atoms with Crippen LogP contribution in [0.25, 0.3) is 0 Å². The van der Waals surface area contributed by atoms with Crippen molar-refractivity contribution in [3.63, 3.8) is 0 Å². The number of hydrogen-bond acceptors (Lipinski definition) is 4. The van der Waals surface area contributed by atoms with Crippen LogP contribution in [0.3, 0.4) is 0 Å². The Morgan fingerprint density at radius 1 is 1.11 bits per heavy atom. The maximum atomic E-state index is 13.2. The van der Waals surface area contributed by atoms with E-state index in [0.29, 0.717) is 11.3 Å². The molecule has 1 fully saturated rings. The lowest BCUT2D eigenvalue weighted by atomic mass is 9.83. The van der Waals surface area contributed by atoms with Crippen LogP contribution in [0.4, 0.5) is 15.4 Å². The second-order valence-electron chi connectivity index (χ2n) is 8.94. The predicted molar refractivity (Wildman–Crippen MR) is 101 cm³/mol. The maximum absolute atomic E-state index is 13.2. The third kappa shape index (κ3) is 2.65. The Morgan fingerprint density at radius 2 is 1.70 bits per heavy atom. The van der Waals surface area contributed by atoms with Gasteiger partial charge in [-0.25, -0.2) is 9.59 Å². The number of nitrogens with zero attached hydrogens (tertiary/aromatic N) is 3. The molecule has 0 atom stereocenters. The summed E-state index contributed by atoms with van der Waals surface area (Å²) in [5.41, 5.74) is -0.171. The standard InChI is InChI=1S/C17H26N4O5Si/c1-16(2)11-10(9-20(16)14(23)24)12(21(19-11)15(25)26)18-13(22)17(7-6-8-17)27(3,4)5/h6-9H2,1-5H3,(H,18,22)(H,23,24)(H,25,26). The maximum Gasteiger partial charge on any atom is 0.434 e. The molecule has 0 spiro atoms. The topological polar surface area (TPSA) is 125 Å². The number of anilines is 1. The van der Waals surface area contributed by atoms with Crippen molar-refractivity contribution in [2.45, 2.75) is 69.9 Å². The van der Waals surface area contributed by atoms with Crippen LogP contribution < -0.4 is 5.32 Å². The van der Waals surface area contributed by atoms with E-state index in [9.17, 15) is 24.6 Å². The van der Waals surface area contributed by atoms with Gasteiger partial charge in [0.05, 0.1) is 25.9 Å². The average molecular weight is 395 g/mol. The van der Waals surface area contributed by atoms with Crippen LogP contribution in [0.15, 0.2) is 0 Å². The fourth-order valence-corrected chi connectivity index (χ4v) is 6.82. The molecule has 0 aromatic carbocycles. The molecule has 27 heavy (non-hydrogen) atoms. The van der Waals surface area contributed by atoms with Gasteiger partial charge in [0, 0.05) is 10.6 Å². The lowest BCUT2D eigenvalue weighted by molar-refractivity contribution is -0.121. The van der Waals surface area contributed by atoms with E-state index < -0.39 is 30.8 Å². The van der Waals surface area contributed by atoms with Gasteiger partial charge in [-0.15, -0.1) is 4.68 Å². The summed E-state index contributed by atoms with van der Waals surface area (Å²) >= 11 is 0. The first kappa shape index (κ1) is 19.4. The quantitative estimate of drug-likeness (QED) is 0.675. The summed E-state index contributed by atoms with van der Waals surface area (Å²) in [6.07, 6.45) is 0.145. The van der Waals surface area contributed by atoms with Gasteiger partial charge in [-0.1, -0.05) is 26.1 Å². The molecule has 1 aromatic heterocycles. The van der Waals surface area contributed by atoms with Crippen LogP contribution in [0, 0.1) is 0 Å². The lowest BCUT2D eigenvalue weighted by Crippen LogP contribution is -2.52. The Bertz CT molecular complexity index is 835. The van der Waals surface area contributed by atoms with Gasteiger partial charge in [-0.3, -0.25) is 9.69 Å². The minimum atomic E-state index is -1.84. The molecule has 10 heteroatoms. The number of nitrogens with one attached hydrogen (secondary N) is 1. The van der Waals surface area contributed by atoms with E-state index in [-0.39, 0.29) is 18.3 Å². The van der Waals surface area contributed by atoms with Crippen LogP contribution in [0.2, 0.25) is 24.7 Å². The lowest BCUT2D eigenvalue weighted by Gasteiger charge is -2.48. The molecule has 1 aromatic rings. The average Bonchev–Trinajstić information content (AvgIpc) is 2.92. The molecule has 2 heterocycles. The minimum absolute atomic E-state index is 0.0134. The predicted octanol–water partition coefficient (Wildman–Crippen LogP) is 3.34. The molecule has 3 rings (SSSR count). The first-order valence-corrected chi connectivity index (χ1v) is 12.5. The summed E-state index contributed by atoms with van der Waals surface area (Å²) in [4.78, 5) is 37.6. The SMILES string of the molecule is CC1(C)c2nn(C(=O)O)c(NC(=O)C3([Si](C)(C)C)CCC3)c2CN1C(=O)O. The van der Waals surface area contributed by atoms with Crippen molar-refractivity contribution >= 4 is 32.0 Å². The molecule has 2 amide bonds. The van der Waals surface area contributed by atoms with Crippen molar-refractivity contribution in [1.29, 1.82) is 0 Å². The number of aromatic nitrogens is 2. The summed E-state index contributed by atoms with van der Waals surface area (Å²) in [5.74, 6) is -0.103. The van der Waals surface area contributed by atoms with Gasteiger partial charge in [0.15, 0.2) is 0 Å². The Labute approximate surface area is 158 Å². The van der Waals surface area contributed by atoms with Gasteiger partial charge in [0.2, 0.25) is 5.91 Å². The number of carbonyl (C=O) groups excluding carboxylic acids is 1. The van der Waals surface area contributed by atoms with Gasteiger partial charge >= 0.3 is 12.2 Å². The van der Waals surface area contributed by atoms with E-state index in [0.717, 1.165) is 23.9 Å². The summed E-state index contributed by atoms with van der Waals surface area (Å²) < 4.78 is 0.764. The summed E-state index contributed by atoms with van der Waals surface area (Å²) in [6.45, 7) is 9.75. The molecule has 1 aliphatic carbocycles. The molecule has 1 saturated carbocycles. The monoisotopic (exact) mass is 394 g/mol. The zero-order valence-electron chi connectivity index (χ0n) is 16.3. The Hall–Kier alpha value is -2.36. The van der Waals surface area contributed by atoms with Gasteiger partial charge in [0.1, 0.15) is 5.82 Å². The van der Waals surface area contributed by atoms with Crippen molar-refractivity contribution in [3.8, 4) is 0 Å². The van der Waals surface area contributed by atoms with Crippen LogP contribution in [0.1, 0.15) is 44.4 Å². The number of hydrogen-bond donors (Lipinski definition) is 3. The Kier molecular flexibility index (Phi) is 4.18. The molecule has 0 unspecified atom stereocenters. The third-order valence-electron chi connectivity index (χ3n) is 6.28. The van der Waals surface area contributed by atoms with E-state index in [2.05, 4.69) is 30.1 Å². The van der Waals surface area contributed by atoms with E-state index in [1.54, 1.807) is 13.8 Å². The first-order valence-electron chi connectivity index (χ1n) is 9.00. The van der Waals surface area contributed by atoms with E-state index in [1.807, 2.05) is 0 Å². The van der Waals surface area contributed by atoms with Crippen molar-refractivity contribution in [2.24, 2.45) is 0 Å². The first-order chi connectivity index (χ1) is 12.3. The molecule has 9 nitrogen and oxygen atoms in total. The summed E-state index contributed by atoms with van der Waals surface area (Å²) in [6, 6.07) is 0. The highest BCUT2D eigenvalue weighted by molar-refractivity contribution is 6.83. The van der Waals surface area contributed by atoms with Crippen LogP contribution in [-0.2, 0) is 16.9 Å². The van der Waals surface area contributed by atoms with Crippen molar-refractivity contribution < 1.29 is 24.6 Å². The fraction of sp³-hybridized carbons (Fsp3) is 0.647.